The van der Waals surface area contributed by atoms with Crippen LogP contribution in [0.5, 0.6) is 11.5 Å². The number of amides is 1. The van der Waals surface area contributed by atoms with Crippen molar-refractivity contribution < 1.29 is 14.3 Å². The van der Waals surface area contributed by atoms with Crippen LogP contribution in [0.2, 0.25) is 0 Å². The number of ether oxygens (including phenoxy) is 2. The molecule has 1 fully saturated rings. The van der Waals surface area contributed by atoms with E-state index in [1.807, 2.05) is 58.0 Å². The van der Waals surface area contributed by atoms with Crippen LogP contribution in [0.25, 0.3) is 17.1 Å². The van der Waals surface area contributed by atoms with Crippen molar-refractivity contribution in [1.82, 2.24) is 19.7 Å². The Morgan fingerprint density at radius 1 is 1.03 bits per heavy atom. The first kappa shape index (κ1) is 21.8. The van der Waals surface area contributed by atoms with Gasteiger partial charge in [-0.05, 0) is 49.1 Å². The molecule has 2 aromatic carbocycles. The number of piperidine rings is 1. The molecule has 0 spiro atoms. The maximum atomic E-state index is 12.8. The minimum atomic E-state index is 0.159. The van der Waals surface area contributed by atoms with Gasteiger partial charge in [-0.2, -0.15) is 0 Å². The Morgan fingerprint density at radius 3 is 2.58 bits per heavy atom. The van der Waals surface area contributed by atoms with Crippen LogP contribution >= 0.6 is 11.8 Å². The summed E-state index contributed by atoms with van der Waals surface area (Å²) in [6.07, 6.45) is 3.00. The zero-order chi connectivity index (χ0) is 22.6. The van der Waals surface area contributed by atoms with Crippen molar-refractivity contribution in [3.8, 4) is 28.6 Å². The zero-order valence-corrected chi connectivity index (χ0v) is 19.6. The molecule has 1 amide bonds. The summed E-state index contributed by atoms with van der Waals surface area (Å²) in [4.78, 5) is 14.8. The smallest absolute Gasteiger partial charge is 0.233 e. The van der Waals surface area contributed by atoms with Gasteiger partial charge in [-0.3, -0.25) is 9.36 Å². The number of thioether (sulfide) groups is 1. The Balaban J connectivity index is 1.43. The van der Waals surface area contributed by atoms with Crippen molar-refractivity contribution in [1.29, 1.82) is 0 Å². The number of hydrogen-bond donors (Lipinski definition) is 0. The van der Waals surface area contributed by atoms with Crippen molar-refractivity contribution in [3.63, 3.8) is 0 Å². The maximum Gasteiger partial charge on any atom is 0.233 e. The second-order valence-corrected chi connectivity index (χ2v) is 9.48. The van der Waals surface area contributed by atoms with E-state index in [0.29, 0.717) is 35.9 Å². The van der Waals surface area contributed by atoms with Crippen LogP contribution in [0.1, 0.15) is 26.2 Å². The third-order valence-electron chi connectivity index (χ3n) is 6.11. The van der Waals surface area contributed by atoms with E-state index in [1.54, 1.807) is 0 Å². The Labute approximate surface area is 198 Å². The first-order chi connectivity index (χ1) is 16.2. The molecule has 1 saturated heterocycles. The summed E-state index contributed by atoms with van der Waals surface area (Å²) in [6, 6.07) is 15.9. The molecule has 0 saturated carbocycles. The van der Waals surface area contributed by atoms with Gasteiger partial charge >= 0.3 is 0 Å². The lowest BCUT2D eigenvalue weighted by Gasteiger charge is -2.30. The predicted molar refractivity (Wildman–Crippen MR) is 128 cm³/mol. The summed E-state index contributed by atoms with van der Waals surface area (Å²) >= 11 is 1.43. The SMILES string of the molecule is CC1CCN(C(=O)CSc2nnc(-c3ccc4c(c3)OCCCO4)n2-c2ccccc2)CC1. The average Bonchev–Trinajstić information content (AvgIpc) is 3.13. The predicted octanol–water partition coefficient (Wildman–Crippen LogP) is 4.45. The molecule has 8 heteroatoms. The van der Waals surface area contributed by atoms with E-state index in [2.05, 4.69) is 17.1 Å². The molecule has 1 aromatic heterocycles. The third-order valence-corrected chi connectivity index (χ3v) is 7.03. The second-order valence-electron chi connectivity index (χ2n) is 8.54. The minimum absolute atomic E-state index is 0.159. The van der Waals surface area contributed by atoms with Crippen molar-refractivity contribution >= 4 is 17.7 Å². The number of benzene rings is 2. The minimum Gasteiger partial charge on any atom is -0.490 e. The van der Waals surface area contributed by atoms with Crippen molar-refractivity contribution in [2.45, 2.75) is 31.3 Å². The molecule has 7 nitrogen and oxygen atoms in total. The summed E-state index contributed by atoms with van der Waals surface area (Å²) in [5.41, 5.74) is 1.84. The Kier molecular flexibility index (Phi) is 6.53. The van der Waals surface area contributed by atoms with Crippen LogP contribution in [0.15, 0.2) is 53.7 Å². The highest BCUT2D eigenvalue weighted by molar-refractivity contribution is 7.99. The summed E-state index contributed by atoms with van der Waals surface area (Å²) < 4.78 is 13.7. The summed E-state index contributed by atoms with van der Waals surface area (Å²) in [7, 11) is 0. The molecule has 2 aliphatic rings. The van der Waals surface area contributed by atoms with Gasteiger partial charge in [0, 0.05) is 30.8 Å². The third kappa shape index (κ3) is 4.85. The van der Waals surface area contributed by atoms with Gasteiger partial charge in [-0.15, -0.1) is 10.2 Å². The number of carbonyl (C=O) groups is 1. The molecule has 3 heterocycles. The van der Waals surface area contributed by atoms with E-state index in [4.69, 9.17) is 9.47 Å². The van der Waals surface area contributed by atoms with Crippen LogP contribution in [-0.4, -0.2) is 57.6 Å². The summed E-state index contributed by atoms with van der Waals surface area (Å²) in [5.74, 6) is 3.38. The standard InChI is InChI=1S/C25H28N4O3S/c1-18-10-12-28(13-11-18)23(30)17-33-25-27-26-24(29(25)20-6-3-2-4-7-20)19-8-9-21-22(16-19)32-15-5-14-31-21/h2-4,6-9,16,18H,5,10-15,17H2,1H3. The number of rotatable bonds is 5. The van der Waals surface area contributed by atoms with E-state index in [9.17, 15) is 4.79 Å². The van der Waals surface area contributed by atoms with Crippen molar-refractivity contribution in [2.24, 2.45) is 5.92 Å². The molecule has 3 aromatic rings. The molecule has 5 rings (SSSR count). The van der Waals surface area contributed by atoms with E-state index >= 15 is 0 Å². The van der Waals surface area contributed by atoms with E-state index in [1.165, 1.54) is 11.8 Å². The number of likely N-dealkylation sites (tertiary alicyclic amines) is 1. The normalized spacial score (nSPS) is 16.5. The number of carbonyl (C=O) groups excluding carboxylic acids is 1. The molecule has 0 bridgehead atoms. The van der Waals surface area contributed by atoms with E-state index in [-0.39, 0.29) is 5.91 Å². The highest BCUT2D eigenvalue weighted by Gasteiger charge is 2.23. The van der Waals surface area contributed by atoms with Crippen LogP contribution in [0.3, 0.4) is 0 Å². The molecule has 0 unspecified atom stereocenters. The quantitative estimate of drug-likeness (QED) is 0.520. The fraction of sp³-hybridized carbons (Fsp3) is 0.400. The lowest BCUT2D eigenvalue weighted by Crippen LogP contribution is -2.38. The fourth-order valence-corrected chi connectivity index (χ4v) is 4.99. The van der Waals surface area contributed by atoms with Crippen molar-refractivity contribution in [2.75, 3.05) is 32.1 Å². The van der Waals surface area contributed by atoms with Gasteiger partial charge in [0.2, 0.25) is 5.91 Å². The summed E-state index contributed by atoms with van der Waals surface area (Å²) in [6.45, 7) is 5.21. The number of para-hydroxylation sites is 1. The van der Waals surface area contributed by atoms with Crippen LogP contribution < -0.4 is 9.47 Å². The maximum absolute atomic E-state index is 12.8. The number of aromatic nitrogens is 3. The molecule has 0 radical (unpaired) electrons. The molecule has 172 valence electrons. The molecule has 0 aliphatic carbocycles. The fourth-order valence-electron chi connectivity index (χ4n) is 4.14. The van der Waals surface area contributed by atoms with Crippen LogP contribution in [-0.2, 0) is 4.79 Å². The molecule has 33 heavy (non-hydrogen) atoms. The molecular formula is C25H28N4O3S. The summed E-state index contributed by atoms with van der Waals surface area (Å²) in [5, 5.41) is 9.66. The highest BCUT2D eigenvalue weighted by atomic mass is 32.2. The van der Waals surface area contributed by atoms with Gasteiger partial charge in [0.05, 0.1) is 19.0 Å². The van der Waals surface area contributed by atoms with Crippen molar-refractivity contribution in [3.05, 3.63) is 48.5 Å². The Morgan fingerprint density at radius 2 is 1.79 bits per heavy atom. The lowest BCUT2D eigenvalue weighted by molar-refractivity contribution is -0.129. The number of nitrogens with zero attached hydrogens (tertiary/aromatic N) is 4. The average molecular weight is 465 g/mol. The van der Waals surface area contributed by atoms with E-state index in [0.717, 1.165) is 55.1 Å². The highest BCUT2D eigenvalue weighted by Crippen LogP contribution is 2.35. The largest absolute Gasteiger partial charge is 0.490 e. The zero-order valence-electron chi connectivity index (χ0n) is 18.8. The number of hydrogen-bond acceptors (Lipinski definition) is 6. The second kappa shape index (κ2) is 9.87. The van der Waals surface area contributed by atoms with Gasteiger partial charge < -0.3 is 14.4 Å². The van der Waals surface area contributed by atoms with Gasteiger partial charge in [-0.25, -0.2) is 0 Å². The Hall–Kier alpha value is -3.00. The first-order valence-corrected chi connectivity index (χ1v) is 12.5. The van der Waals surface area contributed by atoms with Crippen LogP contribution in [0.4, 0.5) is 0 Å². The molecule has 2 aliphatic heterocycles. The Bertz CT molecular complexity index is 1110. The number of fused-ring (bicyclic) bond motifs is 1. The lowest BCUT2D eigenvalue weighted by atomic mass is 9.99. The van der Waals surface area contributed by atoms with E-state index < -0.39 is 0 Å². The van der Waals surface area contributed by atoms with Gasteiger partial charge in [-0.1, -0.05) is 36.9 Å². The van der Waals surface area contributed by atoms with Crippen LogP contribution in [0, 0.1) is 5.92 Å². The topological polar surface area (TPSA) is 69.5 Å². The van der Waals surface area contributed by atoms with Gasteiger partial charge in [0.25, 0.3) is 0 Å². The van der Waals surface area contributed by atoms with Gasteiger partial charge in [0.15, 0.2) is 22.5 Å². The molecule has 0 atom stereocenters. The molecular weight excluding hydrogens is 436 g/mol. The monoisotopic (exact) mass is 464 g/mol. The first-order valence-electron chi connectivity index (χ1n) is 11.5. The molecule has 0 N–H and O–H groups in total. The van der Waals surface area contributed by atoms with Gasteiger partial charge in [0.1, 0.15) is 0 Å².